The number of ether oxygens (including phenoxy) is 2. The summed E-state index contributed by atoms with van der Waals surface area (Å²) in [4.78, 5) is 4.93. The zero-order chi connectivity index (χ0) is 14.0. The van der Waals surface area contributed by atoms with Crippen molar-refractivity contribution in [1.29, 1.82) is 0 Å². The Labute approximate surface area is 121 Å². The average molecular weight is 276 g/mol. The molecule has 1 aromatic carbocycles. The molecule has 0 aromatic heterocycles. The second kappa shape index (κ2) is 5.72. The molecule has 0 N–H and O–H groups in total. The highest BCUT2D eigenvalue weighted by Crippen LogP contribution is 2.23. The fraction of sp³-hybridized carbons (Fsp3) is 0.625. The molecule has 0 spiro atoms. The van der Waals surface area contributed by atoms with Gasteiger partial charge in [0.25, 0.3) is 0 Å². The summed E-state index contributed by atoms with van der Waals surface area (Å²) < 4.78 is 11.5. The Morgan fingerprint density at radius 1 is 1.10 bits per heavy atom. The van der Waals surface area contributed by atoms with Gasteiger partial charge in [0.1, 0.15) is 0 Å². The summed E-state index contributed by atoms with van der Waals surface area (Å²) in [6, 6.07) is 10.7. The lowest BCUT2D eigenvalue weighted by Crippen LogP contribution is -2.49. The van der Waals surface area contributed by atoms with Gasteiger partial charge in [-0.05, 0) is 26.0 Å². The van der Waals surface area contributed by atoms with Crippen LogP contribution in [-0.4, -0.2) is 56.1 Å². The van der Waals surface area contributed by atoms with Crippen molar-refractivity contribution in [2.75, 3.05) is 44.2 Å². The Hall–Kier alpha value is -1.10. The normalized spacial score (nSPS) is 26.9. The maximum atomic E-state index is 5.89. The van der Waals surface area contributed by atoms with Gasteiger partial charge in [-0.2, -0.15) is 0 Å². The molecule has 2 aliphatic rings. The molecule has 0 saturated carbocycles. The number of nitrogens with zero attached hydrogens (tertiary/aromatic N) is 2. The molecular weight excluding hydrogens is 252 g/mol. The van der Waals surface area contributed by atoms with Crippen LogP contribution in [0.5, 0.6) is 0 Å². The van der Waals surface area contributed by atoms with Crippen LogP contribution in [-0.2, 0) is 9.47 Å². The number of hydrogen-bond acceptors (Lipinski definition) is 4. The zero-order valence-electron chi connectivity index (χ0n) is 12.4. The summed E-state index contributed by atoms with van der Waals surface area (Å²) in [5.41, 5.74) is 1.33. The van der Waals surface area contributed by atoms with Crippen molar-refractivity contribution >= 4 is 5.69 Å². The van der Waals surface area contributed by atoms with E-state index in [1.807, 2.05) is 13.8 Å². The van der Waals surface area contributed by atoms with Crippen molar-refractivity contribution in [3.63, 3.8) is 0 Å². The predicted octanol–water partition coefficient (Wildman–Crippen LogP) is 1.96. The number of anilines is 1. The van der Waals surface area contributed by atoms with Gasteiger partial charge in [-0.25, -0.2) is 0 Å². The number of rotatable bonds is 3. The standard InChI is InChI=1S/C16H24N2O2/c1-16(2)19-13-15(20-16)12-17-8-10-18(11-9-17)14-6-4-3-5-7-14/h3-7,15H,8-13H2,1-2H3/t15-/m1/s1. The van der Waals surface area contributed by atoms with Crippen molar-refractivity contribution in [3.05, 3.63) is 30.3 Å². The van der Waals surface area contributed by atoms with Crippen molar-refractivity contribution in [1.82, 2.24) is 4.90 Å². The van der Waals surface area contributed by atoms with Crippen molar-refractivity contribution in [2.24, 2.45) is 0 Å². The van der Waals surface area contributed by atoms with Gasteiger partial charge >= 0.3 is 0 Å². The van der Waals surface area contributed by atoms with E-state index in [1.54, 1.807) is 0 Å². The van der Waals surface area contributed by atoms with Crippen LogP contribution in [0, 0.1) is 0 Å². The second-order valence-corrected chi connectivity index (χ2v) is 6.07. The first kappa shape index (κ1) is 13.9. The lowest BCUT2D eigenvalue weighted by Gasteiger charge is -2.37. The molecule has 4 nitrogen and oxygen atoms in total. The number of para-hydroxylation sites is 1. The van der Waals surface area contributed by atoms with E-state index in [4.69, 9.17) is 9.47 Å². The van der Waals surface area contributed by atoms with E-state index in [1.165, 1.54) is 5.69 Å². The van der Waals surface area contributed by atoms with Gasteiger partial charge in [-0.15, -0.1) is 0 Å². The molecule has 2 saturated heterocycles. The Bertz CT molecular complexity index is 427. The molecule has 0 radical (unpaired) electrons. The van der Waals surface area contributed by atoms with Gasteiger partial charge in [0.2, 0.25) is 0 Å². The predicted molar refractivity (Wildman–Crippen MR) is 80.0 cm³/mol. The molecule has 2 fully saturated rings. The third-order valence-corrected chi connectivity index (χ3v) is 4.02. The molecule has 4 heteroatoms. The number of hydrogen-bond donors (Lipinski definition) is 0. The number of piperazine rings is 1. The van der Waals surface area contributed by atoms with E-state index in [-0.39, 0.29) is 6.10 Å². The molecule has 2 heterocycles. The van der Waals surface area contributed by atoms with Gasteiger partial charge in [0, 0.05) is 38.4 Å². The van der Waals surface area contributed by atoms with E-state index < -0.39 is 5.79 Å². The maximum Gasteiger partial charge on any atom is 0.163 e. The van der Waals surface area contributed by atoms with Crippen LogP contribution in [0.2, 0.25) is 0 Å². The van der Waals surface area contributed by atoms with Crippen molar-refractivity contribution in [3.8, 4) is 0 Å². The van der Waals surface area contributed by atoms with Gasteiger partial charge in [0.05, 0.1) is 12.7 Å². The molecule has 0 bridgehead atoms. The van der Waals surface area contributed by atoms with E-state index in [0.717, 1.165) is 32.7 Å². The summed E-state index contributed by atoms with van der Waals surface area (Å²) in [6.45, 7) is 10.0. The molecule has 0 unspecified atom stereocenters. The molecule has 1 aromatic rings. The molecule has 20 heavy (non-hydrogen) atoms. The largest absolute Gasteiger partial charge is 0.369 e. The van der Waals surface area contributed by atoms with Gasteiger partial charge in [-0.3, -0.25) is 4.90 Å². The summed E-state index contributed by atoms with van der Waals surface area (Å²) in [5, 5.41) is 0. The van der Waals surface area contributed by atoms with E-state index >= 15 is 0 Å². The first-order valence-corrected chi connectivity index (χ1v) is 7.46. The van der Waals surface area contributed by atoms with Crippen LogP contribution in [0.4, 0.5) is 5.69 Å². The summed E-state index contributed by atoms with van der Waals surface area (Å²) in [5.74, 6) is -0.406. The topological polar surface area (TPSA) is 24.9 Å². The Morgan fingerprint density at radius 2 is 1.80 bits per heavy atom. The van der Waals surface area contributed by atoms with Gasteiger partial charge in [0.15, 0.2) is 5.79 Å². The molecule has 2 aliphatic heterocycles. The minimum absolute atomic E-state index is 0.216. The lowest BCUT2D eigenvalue weighted by molar-refractivity contribution is -0.140. The minimum Gasteiger partial charge on any atom is -0.369 e. The third kappa shape index (κ3) is 3.32. The quantitative estimate of drug-likeness (QED) is 0.842. The minimum atomic E-state index is -0.406. The van der Waals surface area contributed by atoms with Crippen molar-refractivity contribution in [2.45, 2.75) is 25.7 Å². The highest BCUT2D eigenvalue weighted by atomic mass is 16.7. The smallest absolute Gasteiger partial charge is 0.163 e. The maximum absolute atomic E-state index is 5.89. The first-order valence-electron chi connectivity index (χ1n) is 7.46. The van der Waals surface area contributed by atoms with Crippen LogP contribution in [0.15, 0.2) is 30.3 Å². The van der Waals surface area contributed by atoms with Crippen LogP contribution >= 0.6 is 0 Å². The second-order valence-electron chi connectivity index (χ2n) is 6.07. The highest BCUT2D eigenvalue weighted by molar-refractivity contribution is 5.46. The summed E-state index contributed by atoms with van der Waals surface area (Å²) in [6.07, 6.45) is 0.216. The fourth-order valence-corrected chi connectivity index (χ4v) is 2.97. The van der Waals surface area contributed by atoms with Crippen LogP contribution < -0.4 is 4.90 Å². The van der Waals surface area contributed by atoms with Gasteiger partial charge in [-0.1, -0.05) is 18.2 Å². The Balaban J connectivity index is 1.47. The monoisotopic (exact) mass is 276 g/mol. The van der Waals surface area contributed by atoms with E-state index in [0.29, 0.717) is 6.61 Å². The molecular formula is C16H24N2O2. The molecule has 0 aliphatic carbocycles. The SMILES string of the molecule is CC1(C)OC[C@@H](CN2CCN(c3ccccc3)CC2)O1. The van der Waals surface area contributed by atoms with Crippen molar-refractivity contribution < 1.29 is 9.47 Å². The average Bonchev–Trinajstić information content (AvgIpc) is 2.80. The summed E-state index contributed by atoms with van der Waals surface area (Å²) in [7, 11) is 0. The van der Waals surface area contributed by atoms with Gasteiger partial charge < -0.3 is 14.4 Å². The summed E-state index contributed by atoms with van der Waals surface area (Å²) >= 11 is 0. The first-order chi connectivity index (χ1) is 9.62. The lowest BCUT2D eigenvalue weighted by atomic mass is 10.2. The number of benzene rings is 1. The van der Waals surface area contributed by atoms with E-state index in [2.05, 4.69) is 40.1 Å². The van der Waals surface area contributed by atoms with Crippen LogP contribution in [0.25, 0.3) is 0 Å². The Kier molecular flexibility index (Phi) is 3.96. The highest BCUT2D eigenvalue weighted by Gasteiger charge is 2.34. The molecule has 110 valence electrons. The van der Waals surface area contributed by atoms with Crippen LogP contribution in [0.3, 0.4) is 0 Å². The molecule has 1 atom stereocenters. The third-order valence-electron chi connectivity index (χ3n) is 4.02. The Morgan fingerprint density at radius 3 is 2.40 bits per heavy atom. The fourth-order valence-electron chi connectivity index (χ4n) is 2.97. The molecule has 3 rings (SSSR count). The van der Waals surface area contributed by atoms with E-state index in [9.17, 15) is 0 Å². The van der Waals surface area contributed by atoms with Crippen LogP contribution in [0.1, 0.15) is 13.8 Å². The molecule has 0 amide bonds. The zero-order valence-corrected chi connectivity index (χ0v) is 12.4.